The minimum Gasteiger partial charge on any atom is -0.494 e. The van der Waals surface area contributed by atoms with Gasteiger partial charge < -0.3 is 18.6 Å². The van der Waals surface area contributed by atoms with Gasteiger partial charge in [-0.05, 0) is 84.5 Å². The number of nitro groups is 1. The first kappa shape index (κ1) is 69.4. The molecule has 7 nitrogen and oxygen atoms in total. The molecule has 451 valence electrons. The molecule has 0 N–H and O–H groups in total. The van der Waals surface area contributed by atoms with Gasteiger partial charge in [-0.2, -0.15) is 0 Å². The van der Waals surface area contributed by atoms with Crippen LogP contribution in [0.15, 0.2) is 91.0 Å². The van der Waals surface area contributed by atoms with Crippen LogP contribution in [0.3, 0.4) is 0 Å². The van der Waals surface area contributed by atoms with Crippen LogP contribution in [0.5, 0.6) is 17.2 Å². The lowest BCUT2D eigenvalue weighted by molar-refractivity contribution is -0.385. The molecule has 0 aliphatic heterocycles. The Bertz CT molecular complexity index is 2030. The van der Waals surface area contributed by atoms with Crippen molar-refractivity contribution in [1.82, 2.24) is 0 Å². The number of benzene rings is 4. The molecule has 0 fully saturated rings. The van der Waals surface area contributed by atoms with Crippen molar-refractivity contribution in [1.29, 1.82) is 0 Å². The Morgan fingerprint density at radius 3 is 0.877 bits per heavy atom. The fourth-order valence-electron chi connectivity index (χ4n) is 11.7. The van der Waals surface area contributed by atoms with Gasteiger partial charge in [0.1, 0.15) is 22.8 Å². The summed E-state index contributed by atoms with van der Waals surface area (Å²) < 4.78 is 25.2. The molecule has 0 aromatic heterocycles. The molecule has 81 heavy (non-hydrogen) atoms. The monoisotopic (exact) mass is 1130 g/mol. The minimum absolute atomic E-state index is 0.0249. The molecular weight excluding hydrogens is 1010 g/mol. The number of nitro benzene ring substituents is 1. The number of para-hydroxylation sites is 1. The standard InChI is InChI=1S/C73H114NO6Si/c1-4-7-10-13-16-19-22-25-28-31-34-37-40-43-61-77-67-55-49-64(50-56-67)70-47-46-48-71(72(70)74(75)76)73(80-81,65-51-57-68(58-52-65)78-62-44-41-38-35-32-29-26-23-20-17-14-11-8-5-2)66-53-59-69(60-54-66)79-63-45-42-39-36-33-30-27-24-21-18-15-12-9-6-3/h46-60H,4-45,61-63H2,1-3H3. The van der Waals surface area contributed by atoms with E-state index in [-0.39, 0.29) is 10.6 Å². The summed E-state index contributed by atoms with van der Waals surface area (Å²) in [6.07, 6.45) is 55.3. The zero-order valence-electron chi connectivity index (χ0n) is 51.9. The molecule has 4 aromatic rings. The smallest absolute Gasteiger partial charge is 0.283 e. The van der Waals surface area contributed by atoms with Gasteiger partial charge in [-0.1, -0.05) is 314 Å². The third-order valence-electron chi connectivity index (χ3n) is 16.7. The van der Waals surface area contributed by atoms with E-state index in [0.717, 1.165) is 72.5 Å². The summed E-state index contributed by atoms with van der Waals surface area (Å²) >= 11 is 0. The highest BCUT2D eigenvalue weighted by Gasteiger charge is 2.42. The maximum atomic E-state index is 13.5. The number of hydrogen-bond donors (Lipinski definition) is 0. The summed E-state index contributed by atoms with van der Waals surface area (Å²) in [5.74, 6) is 2.29. The third-order valence-corrected chi connectivity index (χ3v) is 17.0. The van der Waals surface area contributed by atoms with Gasteiger partial charge >= 0.3 is 0 Å². The normalized spacial score (nSPS) is 11.6. The number of ether oxygens (including phenoxy) is 3. The van der Waals surface area contributed by atoms with Crippen molar-refractivity contribution in [2.75, 3.05) is 19.8 Å². The molecule has 4 rings (SSSR count). The van der Waals surface area contributed by atoms with Crippen LogP contribution in [0.25, 0.3) is 11.1 Å². The molecule has 0 aliphatic carbocycles. The first-order valence-corrected chi connectivity index (χ1v) is 34.2. The average Bonchev–Trinajstić information content (AvgIpc) is 3.20. The zero-order valence-corrected chi connectivity index (χ0v) is 52.9. The van der Waals surface area contributed by atoms with Crippen LogP contribution in [-0.4, -0.2) is 35.2 Å². The van der Waals surface area contributed by atoms with Crippen molar-refractivity contribution in [3.05, 3.63) is 118 Å². The van der Waals surface area contributed by atoms with Crippen LogP contribution in [0.2, 0.25) is 0 Å². The number of rotatable bonds is 54. The van der Waals surface area contributed by atoms with Crippen molar-refractivity contribution >= 4 is 16.2 Å². The van der Waals surface area contributed by atoms with Gasteiger partial charge in [0, 0.05) is 0 Å². The van der Waals surface area contributed by atoms with E-state index in [1.807, 2.05) is 91.0 Å². The topological polar surface area (TPSA) is 80.1 Å². The highest BCUT2D eigenvalue weighted by Crippen LogP contribution is 2.47. The Balaban J connectivity index is 1.36. The Kier molecular flexibility index (Phi) is 39.6. The van der Waals surface area contributed by atoms with E-state index in [0.29, 0.717) is 30.9 Å². The molecule has 0 atom stereocenters. The number of nitrogens with zero attached hydrogens (tertiary/aromatic N) is 1. The summed E-state index contributed by atoms with van der Waals surface area (Å²) in [5.41, 5.74) is 1.66. The van der Waals surface area contributed by atoms with E-state index in [1.54, 1.807) is 0 Å². The molecule has 4 aromatic carbocycles. The molecule has 0 unspecified atom stereocenters. The van der Waals surface area contributed by atoms with E-state index in [4.69, 9.17) is 18.6 Å². The fourth-order valence-corrected chi connectivity index (χ4v) is 12.0. The van der Waals surface area contributed by atoms with Gasteiger partial charge in [0.25, 0.3) is 5.69 Å². The molecule has 0 aliphatic rings. The summed E-state index contributed by atoms with van der Waals surface area (Å²) in [7, 11) is 3.53. The molecular formula is C73H114NO6Si. The predicted octanol–water partition coefficient (Wildman–Crippen LogP) is 23.2. The van der Waals surface area contributed by atoms with Crippen molar-refractivity contribution in [2.45, 2.75) is 296 Å². The molecule has 3 radical (unpaired) electrons. The predicted molar refractivity (Wildman–Crippen MR) is 346 cm³/mol. The van der Waals surface area contributed by atoms with Crippen LogP contribution in [0.1, 0.15) is 307 Å². The van der Waals surface area contributed by atoms with Crippen LogP contribution in [-0.2, 0) is 10.0 Å². The molecule has 8 heteroatoms. The first-order valence-electron chi connectivity index (χ1n) is 33.8. The van der Waals surface area contributed by atoms with E-state index >= 15 is 0 Å². The average molecular weight is 1130 g/mol. The van der Waals surface area contributed by atoms with Gasteiger partial charge in [-0.3, -0.25) is 10.1 Å². The molecule has 0 spiro atoms. The Morgan fingerprint density at radius 1 is 0.358 bits per heavy atom. The van der Waals surface area contributed by atoms with Crippen molar-refractivity contribution in [3.63, 3.8) is 0 Å². The summed E-state index contributed by atoms with van der Waals surface area (Å²) in [5, 5.41) is 13.5. The third kappa shape index (κ3) is 28.8. The Labute approximate surface area is 499 Å². The Morgan fingerprint density at radius 2 is 0.617 bits per heavy atom. The van der Waals surface area contributed by atoms with Crippen molar-refractivity contribution in [3.8, 4) is 28.4 Å². The maximum Gasteiger partial charge on any atom is 0.283 e. The highest BCUT2D eigenvalue weighted by atomic mass is 28.2. The lowest BCUT2D eigenvalue weighted by atomic mass is 9.78. The van der Waals surface area contributed by atoms with Crippen LogP contribution in [0.4, 0.5) is 5.69 Å². The van der Waals surface area contributed by atoms with E-state index in [1.165, 1.54) is 231 Å². The van der Waals surface area contributed by atoms with E-state index in [9.17, 15) is 10.1 Å². The molecule has 0 saturated heterocycles. The van der Waals surface area contributed by atoms with Gasteiger partial charge in [0.05, 0.1) is 35.9 Å². The quantitative estimate of drug-likeness (QED) is 0.0144. The first-order chi connectivity index (χ1) is 40.0. The maximum absolute atomic E-state index is 13.5. The van der Waals surface area contributed by atoms with Gasteiger partial charge in [0.2, 0.25) is 10.5 Å². The zero-order chi connectivity index (χ0) is 57.5. The summed E-state index contributed by atoms with van der Waals surface area (Å²) in [6.45, 7) is 8.80. The van der Waals surface area contributed by atoms with E-state index in [2.05, 4.69) is 31.3 Å². The largest absolute Gasteiger partial charge is 0.494 e. The molecule has 0 saturated carbocycles. The lowest BCUT2D eigenvalue weighted by Gasteiger charge is -2.35. The van der Waals surface area contributed by atoms with Gasteiger partial charge in [0.15, 0.2) is 0 Å². The second-order valence-corrected chi connectivity index (χ2v) is 23.9. The Hall–Kier alpha value is -4.14. The molecule has 0 amide bonds. The van der Waals surface area contributed by atoms with Crippen molar-refractivity contribution in [2.24, 2.45) is 0 Å². The van der Waals surface area contributed by atoms with E-state index < -0.39 is 5.60 Å². The highest BCUT2D eigenvalue weighted by molar-refractivity contribution is 5.99. The second-order valence-electron chi connectivity index (χ2n) is 23.6. The molecule has 0 heterocycles. The molecule has 0 bridgehead atoms. The van der Waals surface area contributed by atoms with Crippen LogP contribution in [0, 0.1) is 10.1 Å². The van der Waals surface area contributed by atoms with Crippen molar-refractivity contribution < 1.29 is 23.6 Å². The lowest BCUT2D eigenvalue weighted by Crippen LogP contribution is -2.33. The van der Waals surface area contributed by atoms with Gasteiger partial charge in [-0.25, -0.2) is 0 Å². The van der Waals surface area contributed by atoms with Gasteiger partial charge in [-0.15, -0.1) is 0 Å². The van der Waals surface area contributed by atoms with Crippen LogP contribution < -0.4 is 14.2 Å². The minimum atomic E-state index is -1.41. The van der Waals surface area contributed by atoms with Crippen LogP contribution >= 0.6 is 0 Å². The SMILES string of the molecule is CCCCCCCCCCCCCCCCOc1ccc(-c2cccc(C(O[Si])(c3ccc(OCCCCCCCCCCCCCCCC)cc3)c3ccc(OCCCCCCCCCCCCCCCC)cc3)c2[N+](=O)[O-])cc1. The second kappa shape index (κ2) is 46.3. The number of unbranched alkanes of at least 4 members (excludes halogenated alkanes) is 39. The summed E-state index contributed by atoms with van der Waals surface area (Å²) in [4.78, 5) is 13.2. The summed E-state index contributed by atoms with van der Waals surface area (Å²) in [6, 6.07) is 29.0. The number of hydrogen-bond acceptors (Lipinski definition) is 6. The fraction of sp³-hybridized carbons (Fsp3) is 0.671.